The van der Waals surface area contributed by atoms with Gasteiger partial charge in [0.1, 0.15) is 4.21 Å². The van der Waals surface area contributed by atoms with Crippen LogP contribution < -0.4 is 10.0 Å². The fourth-order valence-electron chi connectivity index (χ4n) is 1.65. The van der Waals surface area contributed by atoms with Crippen molar-refractivity contribution < 1.29 is 8.42 Å². The molecule has 0 amide bonds. The Morgan fingerprint density at radius 1 is 1.25 bits per heavy atom. The lowest BCUT2D eigenvalue weighted by Crippen LogP contribution is -2.24. The van der Waals surface area contributed by atoms with Gasteiger partial charge in [-0.25, -0.2) is 13.1 Å². The highest BCUT2D eigenvalue weighted by Gasteiger charge is 2.18. The average molecular weight is 319 g/mol. The van der Waals surface area contributed by atoms with Crippen LogP contribution in [0.3, 0.4) is 0 Å². The summed E-state index contributed by atoms with van der Waals surface area (Å²) < 4.78 is 27.5. The Hall–Kier alpha value is -0.430. The van der Waals surface area contributed by atoms with Gasteiger partial charge in [-0.1, -0.05) is 27.7 Å². The van der Waals surface area contributed by atoms with Crippen LogP contribution in [0.2, 0.25) is 0 Å². The molecule has 116 valence electrons. The van der Waals surface area contributed by atoms with E-state index in [1.165, 1.54) is 11.3 Å². The summed E-state index contributed by atoms with van der Waals surface area (Å²) >= 11 is 1.35. The zero-order valence-electron chi connectivity index (χ0n) is 13.0. The Labute approximate surface area is 127 Å². The number of hydrogen-bond acceptors (Lipinski definition) is 4. The minimum absolute atomic E-state index is 0.390. The van der Waals surface area contributed by atoms with Gasteiger partial charge < -0.3 is 5.32 Å². The molecule has 0 aliphatic carbocycles. The highest BCUT2D eigenvalue weighted by Crippen LogP contribution is 2.26. The van der Waals surface area contributed by atoms with Crippen LogP contribution in [-0.2, 0) is 16.6 Å². The molecule has 0 aromatic carbocycles. The molecule has 0 aliphatic rings. The maximum absolute atomic E-state index is 12.2. The fourth-order valence-corrected chi connectivity index (χ4v) is 4.28. The van der Waals surface area contributed by atoms with Gasteiger partial charge >= 0.3 is 0 Å². The SMILES string of the molecule is Cc1cc(S(=O)(=O)NCCC(C)C)sc1CNC(C)C. The molecule has 1 heterocycles. The molecule has 0 aliphatic heterocycles. The molecule has 4 nitrogen and oxygen atoms in total. The Balaban J connectivity index is 2.73. The summed E-state index contributed by atoms with van der Waals surface area (Å²) in [6, 6.07) is 2.15. The molecule has 0 radical (unpaired) electrons. The second kappa shape index (κ2) is 7.54. The standard InChI is InChI=1S/C14H26N2O2S2/c1-10(2)6-7-16-20(17,18)14-8-12(5)13(19-14)9-15-11(3)4/h8,10-11,15-16H,6-7,9H2,1-5H3. The minimum atomic E-state index is -3.36. The summed E-state index contributed by atoms with van der Waals surface area (Å²) in [6.07, 6.45) is 0.853. The van der Waals surface area contributed by atoms with Crippen LogP contribution in [0.15, 0.2) is 10.3 Å². The molecule has 20 heavy (non-hydrogen) atoms. The van der Waals surface area contributed by atoms with Crippen LogP contribution in [0.5, 0.6) is 0 Å². The van der Waals surface area contributed by atoms with Gasteiger partial charge in [0.05, 0.1) is 0 Å². The van der Waals surface area contributed by atoms with Gasteiger partial charge in [-0.15, -0.1) is 11.3 Å². The lowest BCUT2D eigenvalue weighted by Gasteiger charge is -2.07. The number of sulfonamides is 1. The van der Waals surface area contributed by atoms with Crippen LogP contribution >= 0.6 is 11.3 Å². The third-order valence-electron chi connectivity index (χ3n) is 2.95. The van der Waals surface area contributed by atoms with E-state index in [-0.39, 0.29) is 0 Å². The van der Waals surface area contributed by atoms with Crippen molar-refractivity contribution in [3.05, 3.63) is 16.5 Å². The van der Waals surface area contributed by atoms with E-state index in [2.05, 4.69) is 37.7 Å². The van der Waals surface area contributed by atoms with Gasteiger partial charge in [-0.2, -0.15) is 0 Å². The Kier molecular flexibility index (Phi) is 6.64. The molecule has 6 heteroatoms. The van der Waals surface area contributed by atoms with Crippen molar-refractivity contribution in [2.45, 2.75) is 57.8 Å². The van der Waals surface area contributed by atoms with E-state index in [1.54, 1.807) is 6.07 Å². The molecular weight excluding hydrogens is 292 g/mol. The molecular formula is C14H26N2O2S2. The van der Waals surface area contributed by atoms with E-state index < -0.39 is 10.0 Å². The average Bonchev–Trinajstić information content (AvgIpc) is 2.68. The van der Waals surface area contributed by atoms with Crippen molar-refractivity contribution >= 4 is 21.4 Å². The van der Waals surface area contributed by atoms with E-state index in [0.29, 0.717) is 22.7 Å². The van der Waals surface area contributed by atoms with E-state index in [9.17, 15) is 8.42 Å². The normalized spacial score (nSPS) is 12.6. The van der Waals surface area contributed by atoms with E-state index in [0.717, 1.165) is 23.4 Å². The molecule has 0 fully saturated rings. The van der Waals surface area contributed by atoms with Gasteiger partial charge in [-0.05, 0) is 30.9 Å². The topological polar surface area (TPSA) is 58.2 Å². The van der Waals surface area contributed by atoms with Gasteiger partial charge in [0.15, 0.2) is 0 Å². The monoisotopic (exact) mass is 318 g/mol. The Bertz CT molecular complexity index is 519. The van der Waals surface area contributed by atoms with E-state index >= 15 is 0 Å². The smallest absolute Gasteiger partial charge is 0.250 e. The van der Waals surface area contributed by atoms with Crippen molar-refractivity contribution in [3.8, 4) is 0 Å². The van der Waals surface area contributed by atoms with Gasteiger partial charge in [0, 0.05) is 24.0 Å². The summed E-state index contributed by atoms with van der Waals surface area (Å²) in [5.41, 5.74) is 1.03. The van der Waals surface area contributed by atoms with Crippen molar-refractivity contribution in [2.75, 3.05) is 6.54 Å². The number of nitrogens with one attached hydrogen (secondary N) is 2. The summed E-state index contributed by atoms with van der Waals surface area (Å²) in [6.45, 7) is 11.5. The Morgan fingerprint density at radius 2 is 1.90 bits per heavy atom. The second-order valence-corrected chi connectivity index (χ2v) is 8.92. The first kappa shape index (κ1) is 17.6. The molecule has 2 N–H and O–H groups in total. The van der Waals surface area contributed by atoms with Gasteiger partial charge in [0.25, 0.3) is 0 Å². The van der Waals surface area contributed by atoms with Gasteiger partial charge in [0.2, 0.25) is 10.0 Å². The van der Waals surface area contributed by atoms with E-state index in [4.69, 9.17) is 0 Å². The first-order chi connectivity index (χ1) is 9.22. The quantitative estimate of drug-likeness (QED) is 0.775. The summed E-state index contributed by atoms with van der Waals surface area (Å²) in [4.78, 5) is 1.09. The zero-order valence-corrected chi connectivity index (χ0v) is 14.6. The predicted molar refractivity (Wildman–Crippen MR) is 85.7 cm³/mol. The third kappa shape index (κ3) is 5.52. The molecule has 0 bridgehead atoms. The summed E-state index contributed by atoms with van der Waals surface area (Å²) in [5.74, 6) is 0.494. The number of rotatable bonds is 8. The van der Waals surface area contributed by atoms with Crippen molar-refractivity contribution in [1.82, 2.24) is 10.0 Å². The lowest BCUT2D eigenvalue weighted by molar-refractivity contribution is 0.553. The molecule has 0 spiro atoms. The van der Waals surface area contributed by atoms with Crippen LogP contribution in [0.1, 0.15) is 44.6 Å². The van der Waals surface area contributed by atoms with Crippen molar-refractivity contribution in [3.63, 3.8) is 0 Å². The molecule has 0 unspecified atom stereocenters. The Morgan fingerprint density at radius 3 is 2.45 bits per heavy atom. The van der Waals surface area contributed by atoms with Crippen LogP contribution in [0, 0.1) is 12.8 Å². The van der Waals surface area contributed by atoms with Crippen LogP contribution in [-0.4, -0.2) is 21.0 Å². The van der Waals surface area contributed by atoms with Crippen LogP contribution in [0.4, 0.5) is 0 Å². The molecule has 1 aromatic heterocycles. The predicted octanol–water partition coefficient (Wildman–Crippen LogP) is 2.88. The largest absolute Gasteiger partial charge is 0.310 e. The lowest BCUT2D eigenvalue weighted by atomic mass is 10.1. The third-order valence-corrected chi connectivity index (χ3v) is 6.12. The first-order valence-electron chi connectivity index (χ1n) is 7.04. The van der Waals surface area contributed by atoms with Crippen molar-refractivity contribution in [2.24, 2.45) is 5.92 Å². The summed E-state index contributed by atoms with van der Waals surface area (Å²) in [5, 5.41) is 3.32. The number of aryl methyl sites for hydroxylation is 1. The molecule has 0 saturated heterocycles. The summed E-state index contributed by atoms with van der Waals surface area (Å²) in [7, 11) is -3.36. The zero-order chi connectivity index (χ0) is 15.3. The van der Waals surface area contributed by atoms with Crippen LogP contribution in [0.25, 0.3) is 0 Å². The van der Waals surface area contributed by atoms with E-state index in [1.807, 2.05) is 6.92 Å². The van der Waals surface area contributed by atoms with Crippen molar-refractivity contribution in [1.29, 1.82) is 0 Å². The first-order valence-corrected chi connectivity index (χ1v) is 9.34. The minimum Gasteiger partial charge on any atom is -0.310 e. The highest BCUT2D eigenvalue weighted by molar-refractivity contribution is 7.91. The molecule has 0 atom stereocenters. The van der Waals surface area contributed by atoms with Gasteiger partial charge in [-0.3, -0.25) is 0 Å². The number of hydrogen-bond donors (Lipinski definition) is 2. The second-order valence-electron chi connectivity index (χ2n) is 5.79. The molecule has 1 aromatic rings. The molecule has 0 saturated carbocycles. The maximum Gasteiger partial charge on any atom is 0.250 e. The highest BCUT2D eigenvalue weighted by atomic mass is 32.2. The number of thiophene rings is 1. The molecule has 1 rings (SSSR count). The maximum atomic E-state index is 12.2. The fraction of sp³-hybridized carbons (Fsp3) is 0.714.